The molecule has 0 amide bonds. The summed E-state index contributed by atoms with van der Waals surface area (Å²) >= 11 is 0. The van der Waals surface area contributed by atoms with Crippen LogP contribution in [0, 0.1) is 5.82 Å². The molecular weight excluding hydrogens is 190 g/mol. The lowest BCUT2D eigenvalue weighted by atomic mass is 9.91. The summed E-state index contributed by atoms with van der Waals surface area (Å²) in [4.78, 5) is 0. The number of aliphatic hydroxyl groups is 1. The topological polar surface area (TPSA) is 20.2 Å². The molecule has 0 unspecified atom stereocenters. The predicted molar refractivity (Wildman–Crippen MR) is 59.6 cm³/mol. The average Bonchev–Trinajstić information content (AvgIpc) is 2.63. The first-order chi connectivity index (χ1) is 7.20. The predicted octanol–water partition coefficient (Wildman–Crippen LogP) is 1.55. The average molecular weight is 202 g/mol. The first kappa shape index (κ1) is 10.4. The molecule has 0 spiro atoms. The smallest absolute Gasteiger partial charge is 0.123 e. The van der Waals surface area contributed by atoms with Crippen LogP contribution in [0.25, 0.3) is 5.57 Å². The van der Waals surface area contributed by atoms with Crippen molar-refractivity contribution in [3.05, 3.63) is 35.2 Å². The van der Waals surface area contributed by atoms with Crippen LogP contribution in [0.4, 0.5) is 4.39 Å². The minimum Gasteiger partial charge on any atom is -0.392 e. The van der Waals surface area contributed by atoms with E-state index in [0.717, 1.165) is 36.0 Å². The summed E-state index contributed by atoms with van der Waals surface area (Å²) in [5.74, 6) is -0.318. The van der Waals surface area contributed by atoms with Gasteiger partial charge in [-0.3, -0.25) is 0 Å². The minimum atomic E-state index is -0.318. The van der Waals surface area contributed by atoms with Crippen LogP contribution >= 0.6 is 0 Å². The summed E-state index contributed by atoms with van der Waals surface area (Å²) in [7, 11) is 5.59. The van der Waals surface area contributed by atoms with E-state index >= 15 is 0 Å². The standard InChI is InChI=1S/C12H12BFO/c13-10-4-9(5-11(14)6-10)12-3-1-2-8(12)7-15/h4-6,15H,1-3,7H2. The number of hydrogen-bond acceptors (Lipinski definition) is 1. The molecule has 0 fully saturated rings. The maximum absolute atomic E-state index is 13.1. The molecule has 1 aromatic rings. The Balaban J connectivity index is 2.44. The van der Waals surface area contributed by atoms with Gasteiger partial charge < -0.3 is 5.11 Å². The lowest BCUT2D eigenvalue weighted by Crippen LogP contribution is -2.05. The van der Waals surface area contributed by atoms with Gasteiger partial charge in [0.1, 0.15) is 13.7 Å². The molecule has 0 aromatic heterocycles. The lowest BCUT2D eigenvalue weighted by molar-refractivity contribution is 0.329. The lowest BCUT2D eigenvalue weighted by Gasteiger charge is -2.07. The van der Waals surface area contributed by atoms with Crippen LogP contribution in [0.1, 0.15) is 24.8 Å². The van der Waals surface area contributed by atoms with Crippen LogP contribution in [0.3, 0.4) is 0 Å². The summed E-state index contributed by atoms with van der Waals surface area (Å²) < 4.78 is 13.1. The SMILES string of the molecule is [B]c1cc(F)cc(C2=C(CO)CCC2)c1. The van der Waals surface area contributed by atoms with E-state index in [1.807, 2.05) is 0 Å². The van der Waals surface area contributed by atoms with Crippen LogP contribution in [-0.2, 0) is 0 Å². The maximum atomic E-state index is 13.1. The molecule has 1 N–H and O–H groups in total. The van der Waals surface area contributed by atoms with Crippen LogP contribution in [0.5, 0.6) is 0 Å². The molecule has 0 bridgehead atoms. The summed E-state index contributed by atoms with van der Waals surface area (Å²) in [5, 5.41) is 9.15. The van der Waals surface area contributed by atoms with Gasteiger partial charge in [-0.25, -0.2) is 4.39 Å². The fourth-order valence-electron chi connectivity index (χ4n) is 2.12. The summed E-state index contributed by atoms with van der Waals surface area (Å²) in [5.41, 5.74) is 3.32. The van der Waals surface area contributed by atoms with E-state index in [1.54, 1.807) is 6.07 Å². The number of hydrogen-bond donors (Lipinski definition) is 1. The van der Waals surface area contributed by atoms with E-state index < -0.39 is 0 Å². The summed E-state index contributed by atoms with van der Waals surface area (Å²) in [6.07, 6.45) is 2.84. The van der Waals surface area contributed by atoms with Gasteiger partial charge in [0.2, 0.25) is 0 Å². The minimum absolute atomic E-state index is 0.0613. The van der Waals surface area contributed by atoms with Crippen molar-refractivity contribution < 1.29 is 9.50 Å². The number of allylic oxidation sites excluding steroid dienone is 1. The zero-order chi connectivity index (χ0) is 10.8. The Morgan fingerprint density at radius 1 is 1.27 bits per heavy atom. The molecule has 3 heteroatoms. The number of halogens is 1. The zero-order valence-corrected chi connectivity index (χ0v) is 8.46. The highest BCUT2D eigenvalue weighted by Gasteiger charge is 2.15. The van der Waals surface area contributed by atoms with E-state index in [2.05, 4.69) is 0 Å². The second kappa shape index (κ2) is 4.19. The quantitative estimate of drug-likeness (QED) is 0.721. The van der Waals surface area contributed by atoms with Crippen molar-refractivity contribution in [2.24, 2.45) is 0 Å². The maximum Gasteiger partial charge on any atom is 0.123 e. The number of benzene rings is 1. The monoisotopic (exact) mass is 202 g/mol. The van der Waals surface area contributed by atoms with E-state index in [0.29, 0.717) is 5.46 Å². The highest BCUT2D eigenvalue weighted by molar-refractivity contribution is 6.32. The Morgan fingerprint density at radius 2 is 2.07 bits per heavy atom. The largest absolute Gasteiger partial charge is 0.392 e. The Bertz CT molecular complexity index is 392. The van der Waals surface area contributed by atoms with E-state index in [-0.39, 0.29) is 12.4 Å². The first-order valence-corrected chi connectivity index (χ1v) is 5.09. The van der Waals surface area contributed by atoms with Gasteiger partial charge in [0, 0.05) is 0 Å². The van der Waals surface area contributed by atoms with E-state index in [4.69, 9.17) is 13.0 Å². The third-order valence-electron chi connectivity index (χ3n) is 2.79. The van der Waals surface area contributed by atoms with Crippen molar-refractivity contribution in [3.8, 4) is 0 Å². The molecule has 0 atom stereocenters. The highest BCUT2D eigenvalue weighted by atomic mass is 19.1. The molecule has 1 aromatic carbocycles. The van der Waals surface area contributed by atoms with Gasteiger partial charge in [-0.1, -0.05) is 11.5 Å². The van der Waals surface area contributed by atoms with Crippen LogP contribution in [0.15, 0.2) is 23.8 Å². The normalized spacial score (nSPS) is 16.1. The molecule has 0 saturated heterocycles. The molecule has 2 rings (SSSR count). The Morgan fingerprint density at radius 3 is 2.73 bits per heavy atom. The molecule has 76 valence electrons. The molecule has 0 aliphatic heterocycles. The molecule has 2 radical (unpaired) electrons. The van der Waals surface area contributed by atoms with Crippen molar-refractivity contribution >= 4 is 18.9 Å². The van der Waals surface area contributed by atoms with Gasteiger partial charge in [-0.15, -0.1) is 0 Å². The van der Waals surface area contributed by atoms with Gasteiger partial charge in [-0.05, 0) is 48.1 Å². The number of rotatable bonds is 2. The molecule has 0 saturated carbocycles. The third-order valence-corrected chi connectivity index (χ3v) is 2.79. The van der Waals surface area contributed by atoms with Gasteiger partial charge >= 0.3 is 0 Å². The van der Waals surface area contributed by atoms with Gasteiger partial charge in [0.25, 0.3) is 0 Å². The van der Waals surface area contributed by atoms with Crippen LogP contribution in [0.2, 0.25) is 0 Å². The van der Waals surface area contributed by atoms with Crippen molar-refractivity contribution in [1.82, 2.24) is 0 Å². The highest BCUT2D eigenvalue weighted by Crippen LogP contribution is 2.33. The Kier molecular flexibility index (Phi) is 2.92. The third kappa shape index (κ3) is 2.12. The first-order valence-electron chi connectivity index (χ1n) is 5.09. The second-order valence-corrected chi connectivity index (χ2v) is 3.87. The summed E-state index contributed by atoms with van der Waals surface area (Å²) in [6, 6.07) is 4.55. The number of aliphatic hydroxyl groups excluding tert-OH is 1. The fourth-order valence-corrected chi connectivity index (χ4v) is 2.12. The van der Waals surface area contributed by atoms with Crippen molar-refractivity contribution in [2.45, 2.75) is 19.3 Å². The molecular formula is C12H12BFO. The van der Waals surface area contributed by atoms with Crippen molar-refractivity contribution in [1.29, 1.82) is 0 Å². The van der Waals surface area contributed by atoms with Crippen LogP contribution < -0.4 is 5.46 Å². The Labute approximate surface area is 90.0 Å². The molecule has 15 heavy (non-hydrogen) atoms. The van der Waals surface area contributed by atoms with Gasteiger partial charge in [0.05, 0.1) is 6.61 Å². The van der Waals surface area contributed by atoms with Crippen molar-refractivity contribution in [2.75, 3.05) is 6.61 Å². The zero-order valence-electron chi connectivity index (χ0n) is 8.46. The fraction of sp³-hybridized carbons (Fsp3) is 0.333. The second-order valence-electron chi connectivity index (χ2n) is 3.87. The van der Waals surface area contributed by atoms with E-state index in [1.165, 1.54) is 12.1 Å². The Hall–Kier alpha value is -1.09. The van der Waals surface area contributed by atoms with Gasteiger partial charge in [-0.2, -0.15) is 0 Å². The van der Waals surface area contributed by atoms with Crippen LogP contribution in [-0.4, -0.2) is 19.6 Å². The molecule has 1 aliphatic rings. The molecule has 1 nitrogen and oxygen atoms in total. The van der Waals surface area contributed by atoms with Gasteiger partial charge in [0.15, 0.2) is 0 Å². The van der Waals surface area contributed by atoms with Crippen molar-refractivity contribution in [3.63, 3.8) is 0 Å². The molecule has 1 aliphatic carbocycles. The molecule has 0 heterocycles. The summed E-state index contributed by atoms with van der Waals surface area (Å²) in [6.45, 7) is 0.0613. The van der Waals surface area contributed by atoms with E-state index in [9.17, 15) is 4.39 Å².